The van der Waals surface area contributed by atoms with Crippen molar-refractivity contribution in [3.63, 3.8) is 0 Å². The molecule has 24 heavy (non-hydrogen) atoms. The number of hydrogen-bond donors (Lipinski definition) is 0. The van der Waals surface area contributed by atoms with E-state index in [4.69, 9.17) is 16.3 Å². The number of halogens is 1. The number of rotatable bonds is 5. The molecular formula is C18H20ClN3O2. The summed E-state index contributed by atoms with van der Waals surface area (Å²) in [5.74, 6) is 0.133. The third kappa shape index (κ3) is 4.52. The molecule has 1 amide bonds. The second-order valence-corrected chi connectivity index (χ2v) is 6.23. The van der Waals surface area contributed by atoms with Crippen molar-refractivity contribution in [2.45, 2.75) is 25.4 Å². The van der Waals surface area contributed by atoms with Crippen LogP contribution in [0.5, 0.6) is 0 Å². The van der Waals surface area contributed by atoms with Gasteiger partial charge in [0.25, 0.3) is 0 Å². The molecule has 0 bridgehead atoms. The molecule has 0 spiro atoms. The summed E-state index contributed by atoms with van der Waals surface area (Å²) in [5, 5.41) is 0.743. The Bertz CT molecular complexity index is 681. The molecule has 1 atom stereocenters. The molecule has 0 aliphatic carbocycles. The van der Waals surface area contributed by atoms with E-state index in [0.29, 0.717) is 39.0 Å². The minimum atomic E-state index is -0.0147. The number of aryl methyl sites for hydroxylation is 1. The summed E-state index contributed by atoms with van der Waals surface area (Å²) in [7, 11) is 0. The van der Waals surface area contributed by atoms with Gasteiger partial charge in [0.2, 0.25) is 5.91 Å². The van der Waals surface area contributed by atoms with Crippen molar-refractivity contribution in [3.8, 4) is 0 Å². The van der Waals surface area contributed by atoms with Crippen LogP contribution in [-0.2, 0) is 22.4 Å². The summed E-state index contributed by atoms with van der Waals surface area (Å²) in [4.78, 5) is 22.5. The molecule has 2 aromatic rings. The number of benzene rings is 1. The summed E-state index contributed by atoms with van der Waals surface area (Å²) >= 11 is 6.21. The van der Waals surface area contributed by atoms with Gasteiger partial charge in [-0.2, -0.15) is 0 Å². The lowest BCUT2D eigenvalue weighted by Gasteiger charge is -2.33. The van der Waals surface area contributed by atoms with Crippen molar-refractivity contribution in [2.24, 2.45) is 0 Å². The van der Waals surface area contributed by atoms with Crippen LogP contribution in [0.1, 0.15) is 17.7 Å². The summed E-state index contributed by atoms with van der Waals surface area (Å²) in [5.41, 5.74) is 1.89. The largest absolute Gasteiger partial charge is 0.374 e. The molecule has 1 aromatic carbocycles. The zero-order chi connectivity index (χ0) is 16.8. The van der Waals surface area contributed by atoms with Gasteiger partial charge < -0.3 is 9.64 Å². The van der Waals surface area contributed by atoms with E-state index < -0.39 is 0 Å². The minimum absolute atomic E-state index is 0.0147. The van der Waals surface area contributed by atoms with Crippen LogP contribution in [0.15, 0.2) is 42.9 Å². The van der Waals surface area contributed by atoms with Gasteiger partial charge in [-0.1, -0.05) is 29.8 Å². The SMILES string of the molecule is O=C(CCc1cnccn1)N1CCO[C@H](Cc2ccccc2Cl)C1. The number of morpholine rings is 1. The lowest BCUT2D eigenvalue weighted by atomic mass is 10.1. The van der Waals surface area contributed by atoms with Gasteiger partial charge in [0.15, 0.2) is 0 Å². The second-order valence-electron chi connectivity index (χ2n) is 5.82. The maximum absolute atomic E-state index is 12.4. The molecule has 1 fully saturated rings. The summed E-state index contributed by atoms with van der Waals surface area (Å²) in [6, 6.07) is 7.76. The fourth-order valence-electron chi connectivity index (χ4n) is 2.83. The van der Waals surface area contributed by atoms with Gasteiger partial charge in [0, 0.05) is 49.5 Å². The van der Waals surface area contributed by atoms with Gasteiger partial charge in [0.1, 0.15) is 0 Å². The number of hydrogen-bond acceptors (Lipinski definition) is 4. The van der Waals surface area contributed by atoms with Crippen LogP contribution >= 0.6 is 11.6 Å². The first-order valence-electron chi connectivity index (χ1n) is 8.10. The molecule has 1 aliphatic heterocycles. The molecule has 5 nitrogen and oxygen atoms in total. The zero-order valence-electron chi connectivity index (χ0n) is 13.4. The Labute approximate surface area is 146 Å². The van der Waals surface area contributed by atoms with E-state index in [1.165, 1.54) is 0 Å². The molecule has 1 saturated heterocycles. The normalized spacial score (nSPS) is 17.7. The summed E-state index contributed by atoms with van der Waals surface area (Å²) in [6.45, 7) is 1.80. The molecule has 1 aromatic heterocycles. The quantitative estimate of drug-likeness (QED) is 0.835. The predicted molar refractivity (Wildman–Crippen MR) is 91.8 cm³/mol. The van der Waals surface area contributed by atoms with Gasteiger partial charge in [-0.25, -0.2) is 0 Å². The Kier molecular flexibility index (Phi) is 5.77. The van der Waals surface area contributed by atoms with Gasteiger partial charge in [-0.3, -0.25) is 14.8 Å². The third-order valence-corrected chi connectivity index (χ3v) is 4.48. The van der Waals surface area contributed by atoms with Crippen molar-refractivity contribution in [1.82, 2.24) is 14.9 Å². The van der Waals surface area contributed by atoms with E-state index in [2.05, 4.69) is 9.97 Å². The number of ether oxygens (including phenoxy) is 1. The van der Waals surface area contributed by atoms with Crippen molar-refractivity contribution in [2.75, 3.05) is 19.7 Å². The highest BCUT2D eigenvalue weighted by Crippen LogP contribution is 2.19. The average molecular weight is 346 g/mol. The lowest BCUT2D eigenvalue weighted by Crippen LogP contribution is -2.46. The second kappa shape index (κ2) is 8.22. The van der Waals surface area contributed by atoms with Gasteiger partial charge in [-0.05, 0) is 18.1 Å². The van der Waals surface area contributed by atoms with E-state index >= 15 is 0 Å². The van der Waals surface area contributed by atoms with Crippen molar-refractivity contribution in [3.05, 3.63) is 59.1 Å². The molecule has 0 N–H and O–H groups in total. The molecule has 6 heteroatoms. The van der Waals surface area contributed by atoms with Crippen LogP contribution in [-0.4, -0.2) is 46.6 Å². The highest BCUT2D eigenvalue weighted by molar-refractivity contribution is 6.31. The van der Waals surface area contributed by atoms with Crippen LogP contribution in [0.2, 0.25) is 5.02 Å². The van der Waals surface area contributed by atoms with Gasteiger partial charge in [0.05, 0.1) is 18.4 Å². The highest BCUT2D eigenvalue weighted by atomic mass is 35.5. The Morgan fingerprint density at radius 2 is 2.21 bits per heavy atom. The molecular weight excluding hydrogens is 326 g/mol. The number of carbonyl (C=O) groups is 1. The number of carbonyl (C=O) groups excluding carboxylic acids is 1. The van der Waals surface area contributed by atoms with E-state index in [-0.39, 0.29) is 12.0 Å². The Hall–Kier alpha value is -1.98. The van der Waals surface area contributed by atoms with Crippen LogP contribution in [0.3, 0.4) is 0 Å². The van der Waals surface area contributed by atoms with Gasteiger partial charge >= 0.3 is 0 Å². The first kappa shape index (κ1) is 16.9. The van der Waals surface area contributed by atoms with Crippen LogP contribution in [0, 0.1) is 0 Å². The van der Waals surface area contributed by atoms with E-state index in [1.807, 2.05) is 29.2 Å². The molecule has 0 unspecified atom stereocenters. The topological polar surface area (TPSA) is 55.3 Å². The number of aromatic nitrogens is 2. The highest BCUT2D eigenvalue weighted by Gasteiger charge is 2.24. The Morgan fingerprint density at radius 3 is 3.00 bits per heavy atom. The van der Waals surface area contributed by atoms with E-state index in [1.54, 1.807) is 18.6 Å². The fourth-order valence-corrected chi connectivity index (χ4v) is 3.04. The lowest BCUT2D eigenvalue weighted by molar-refractivity contribution is -0.138. The standard InChI is InChI=1S/C18H20ClN3O2/c19-17-4-2-1-3-14(17)11-16-13-22(9-10-24-16)18(23)6-5-15-12-20-7-8-21-15/h1-4,7-8,12,16H,5-6,9-11,13H2/t16-/m1/s1. The molecule has 126 valence electrons. The summed E-state index contributed by atoms with van der Waals surface area (Å²) < 4.78 is 5.81. The van der Waals surface area contributed by atoms with Crippen LogP contribution in [0.25, 0.3) is 0 Å². The minimum Gasteiger partial charge on any atom is -0.374 e. The smallest absolute Gasteiger partial charge is 0.223 e. The van der Waals surface area contributed by atoms with Crippen molar-refractivity contribution >= 4 is 17.5 Å². The molecule has 0 radical (unpaired) electrons. The molecule has 3 rings (SSSR count). The molecule has 2 heterocycles. The van der Waals surface area contributed by atoms with Crippen molar-refractivity contribution < 1.29 is 9.53 Å². The van der Waals surface area contributed by atoms with E-state index in [9.17, 15) is 4.79 Å². The predicted octanol–water partition coefficient (Wildman–Crippen LogP) is 2.53. The number of amides is 1. The first-order valence-corrected chi connectivity index (χ1v) is 8.48. The van der Waals surface area contributed by atoms with E-state index in [0.717, 1.165) is 16.3 Å². The van der Waals surface area contributed by atoms with Crippen LogP contribution in [0.4, 0.5) is 0 Å². The van der Waals surface area contributed by atoms with Crippen molar-refractivity contribution in [1.29, 1.82) is 0 Å². The molecule has 0 saturated carbocycles. The zero-order valence-corrected chi connectivity index (χ0v) is 14.2. The number of nitrogens with zero attached hydrogens (tertiary/aromatic N) is 3. The Morgan fingerprint density at radius 1 is 1.33 bits per heavy atom. The van der Waals surface area contributed by atoms with Crippen LogP contribution < -0.4 is 0 Å². The monoisotopic (exact) mass is 345 g/mol. The fraction of sp³-hybridized carbons (Fsp3) is 0.389. The first-order chi connectivity index (χ1) is 11.7. The van der Waals surface area contributed by atoms with Gasteiger partial charge in [-0.15, -0.1) is 0 Å². The molecule has 1 aliphatic rings. The average Bonchev–Trinajstić information content (AvgIpc) is 2.63. The maximum atomic E-state index is 12.4. The summed E-state index contributed by atoms with van der Waals surface area (Å²) in [6.07, 6.45) is 6.73. The Balaban J connectivity index is 1.53. The third-order valence-electron chi connectivity index (χ3n) is 4.11. The maximum Gasteiger partial charge on any atom is 0.223 e.